The van der Waals surface area contributed by atoms with E-state index >= 15 is 0 Å². The largest absolute Gasteiger partial charge is 0.336 e. The van der Waals surface area contributed by atoms with Gasteiger partial charge in [0.2, 0.25) is 10.0 Å². The summed E-state index contributed by atoms with van der Waals surface area (Å²) >= 11 is 11.8. The van der Waals surface area contributed by atoms with Crippen LogP contribution < -0.4 is 4.72 Å². The SMILES string of the molecule is Cn1ccnc1C(NS(=O)(=O)c1cc(Cl)cc(Cl)c1)c1ccc(F)cc1. The molecule has 0 spiro atoms. The summed E-state index contributed by atoms with van der Waals surface area (Å²) in [6, 6.07) is 8.75. The molecule has 1 unspecified atom stereocenters. The molecule has 0 aliphatic rings. The van der Waals surface area contributed by atoms with E-state index in [0.29, 0.717) is 11.4 Å². The number of hydrogen-bond acceptors (Lipinski definition) is 3. The predicted molar refractivity (Wildman–Crippen MR) is 98.2 cm³/mol. The fourth-order valence-corrected chi connectivity index (χ4v) is 4.39. The molecule has 0 aliphatic carbocycles. The van der Waals surface area contributed by atoms with Crippen molar-refractivity contribution >= 4 is 33.2 Å². The highest BCUT2D eigenvalue weighted by Gasteiger charge is 2.26. The first-order chi connectivity index (χ1) is 12.3. The lowest BCUT2D eigenvalue weighted by Gasteiger charge is -2.19. The van der Waals surface area contributed by atoms with Gasteiger partial charge < -0.3 is 4.57 Å². The normalized spacial score (nSPS) is 12.9. The first-order valence-electron chi connectivity index (χ1n) is 7.47. The second-order valence-corrected chi connectivity index (χ2v) is 8.19. The van der Waals surface area contributed by atoms with Crippen molar-refractivity contribution < 1.29 is 12.8 Å². The Hall–Kier alpha value is -1.93. The molecule has 2 aromatic carbocycles. The van der Waals surface area contributed by atoms with Crippen LogP contribution in [0.3, 0.4) is 0 Å². The van der Waals surface area contributed by atoms with Gasteiger partial charge in [0.1, 0.15) is 17.7 Å². The van der Waals surface area contributed by atoms with Crippen LogP contribution in [0.25, 0.3) is 0 Å². The Balaban J connectivity index is 2.05. The molecule has 3 aromatic rings. The van der Waals surface area contributed by atoms with Gasteiger partial charge in [-0.1, -0.05) is 35.3 Å². The van der Waals surface area contributed by atoms with Crippen LogP contribution in [0.15, 0.2) is 59.8 Å². The summed E-state index contributed by atoms with van der Waals surface area (Å²) in [4.78, 5) is 4.15. The quantitative estimate of drug-likeness (QED) is 0.688. The number of rotatable bonds is 5. The van der Waals surface area contributed by atoms with Crippen molar-refractivity contribution in [2.24, 2.45) is 7.05 Å². The second kappa shape index (κ2) is 7.36. The maximum absolute atomic E-state index is 13.3. The Bertz CT molecular complexity index is 1020. The lowest BCUT2D eigenvalue weighted by molar-refractivity contribution is 0.562. The highest BCUT2D eigenvalue weighted by atomic mass is 35.5. The Morgan fingerprint density at radius 1 is 1.12 bits per heavy atom. The van der Waals surface area contributed by atoms with E-state index in [-0.39, 0.29) is 14.9 Å². The molecular formula is C17H14Cl2FN3O2S. The number of hydrogen-bond donors (Lipinski definition) is 1. The lowest BCUT2D eigenvalue weighted by atomic mass is 10.1. The van der Waals surface area contributed by atoms with Crippen LogP contribution in [0.1, 0.15) is 17.4 Å². The zero-order chi connectivity index (χ0) is 18.9. The molecule has 0 aliphatic heterocycles. The van der Waals surface area contributed by atoms with Crippen molar-refractivity contribution in [3.63, 3.8) is 0 Å². The van der Waals surface area contributed by atoms with Crippen LogP contribution in [0.2, 0.25) is 10.0 Å². The van der Waals surface area contributed by atoms with E-state index < -0.39 is 21.9 Å². The Labute approximate surface area is 160 Å². The van der Waals surface area contributed by atoms with Crippen molar-refractivity contribution in [2.75, 3.05) is 0 Å². The van der Waals surface area contributed by atoms with Gasteiger partial charge in [0.25, 0.3) is 0 Å². The molecule has 0 amide bonds. The van der Waals surface area contributed by atoms with Crippen LogP contribution in [-0.4, -0.2) is 18.0 Å². The number of nitrogens with one attached hydrogen (secondary N) is 1. The van der Waals surface area contributed by atoms with Crippen molar-refractivity contribution in [1.29, 1.82) is 0 Å². The third-order valence-electron chi connectivity index (χ3n) is 3.74. The molecule has 0 saturated heterocycles. The molecule has 0 bridgehead atoms. The first kappa shape index (κ1) is 18.8. The minimum absolute atomic E-state index is 0.0729. The molecule has 0 radical (unpaired) electrons. The highest BCUT2D eigenvalue weighted by Crippen LogP contribution is 2.26. The number of sulfonamides is 1. The third-order valence-corrected chi connectivity index (χ3v) is 5.58. The summed E-state index contributed by atoms with van der Waals surface area (Å²) in [7, 11) is -2.23. The zero-order valence-corrected chi connectivity index (χ0v) is 15.9. The fraction of sp³-hybridized carbons (Fsp3) is 0.118. The van der Waals surface area contributed by atoms with Gasteiger partial charge in [0.15, 0.2) is 0 Å². The average Bonchev–Trinajstić information content (AvgIpc) is 2.98. The number of imidazole rings is 1. The lowest BCUT2D eigenvalue weighted by Crippen LogP contribution is -2.31. The molecule has 5 nitrogen and oxygen atoms in total. The molecule has 0 saturated carbocycles. The van der Waals surface area contributed by atoms with Gasteiger partial charge in [-0.05, 0) is 35.9 Å². The highest BCUT2D eigenvalue weighted by molar-refractivity contribution is 7.89. The standard InChI is InChI=1S/C17H14Cl2FN3O2S/c1-23-7-6-21-17(23)16(11-2-4-14(20)5-3-11)22-26(24,25)15-9-12(18)8-13(19)10-15/h2-10,16,22H,1H3. The van der Waals surface area contributed by atoms with Crippen LogP contribution in [0.4, 0.5) is 4.39 Å². The van der Waals surface area contributed by atoms with Gasteiger partial charge in [-0.3, -0.25) is 0 Å². The number of halogens is 3. The minimum Gasteiger partial charge on any atom is -0.336 e. The summed E-state index contributed by atoms with van der Waals surface area (Å²) in [5.74, 6) is 0.0325. The van der Waals surface area contributed by atoms with E-state index in [0.717, 1.165) is 0 Å². The molecule has 136 valence electrons. The van der Waals surface area contributed by atoms with Crippen LogP contribution in [0.5, 0.6) is 0 Å². The van der Waals surface area contributed by atoms with Gasteiger partial charge in [-0.15, -0.1) is 0 Å². The molecule has 26 heavy (non-hydrogen) atoms. The topological polar surface area (TPSA) is 64.0 Å². The molecular weight excluding hydrogens is 400 g/mol. The minimum atomic E-state index is -3.97. The van der Waals surface area contributed by atoms with Crippen molar-refractivity contribution in [3.8, 4) is 0 Å². The Morgan fingerprint density at radius 2 is 1.73 bits per heavy atom. The van der Waals surface area contributed by atoms with E-state index in [4.69, 9.17) is 23.2 Å². The van der Waals surface area contributed by atoms with Gasteiger partial charge >= 0.3 is 0 Å². The van der Waals surface area contributed by atoms with Crippen LogP contribution in [-0.2, 0) is 17.1 Å². The molecule has 0 fully saturated rings. The summed E-state index contributed by atoms with van der Waals surface area (Å²) in [6.45, 7) is 0. The molecule has 1 heterocycles. The van der Waals surface area contributed by atoms with Gasteiger partial charge in [0, 0.05) is 29.5 Å². The number of aromatic nitrogens is 2. The van der Waals surface area contributed by atoms with Gasteiger partial charge in [-0.2, -0.15) is 4.72 Å². The van der Waals surface area contributed by atoms with E-state index in [1.807, 2.05) is 0 Å². The summed E-state index contributed by atoms with van der Waals surface area (Å²) in [5.41, 5.74) is 0.539. The fourth-order valence-electron chi connectivity index (χ4n) is 2.49. The molecule has 1 N–H and O–H groups in total. The van der Waals surface area contributed by atoms with Crippen molar-refractivity contribution in [1.82, 2.24) is 14.3 Å². The van der Waals surface area contributed by atoms with Gasteiger partial charge in [0.05, 0.1) is 4.90 Å². The number of aryl methyl sites for hydroxylation is 1. The maximum Gasteiger partial charge on any atom is 0.241 e. The number of nitrogens with zero attached hydrogens (tertiary/aromatic N) is 2. The Morgan fingerprint density at radius 3 is 2.27 bits per heavy atom. The maximum atomic E-state index is 13.3. The predicted octanol–water partition coefficient (Wildman–Crippen LogP) is 3.93. The second-order valence-electron chi connectivity index (χ2n) is 5.61. The Kier molecular flexibility index (Phi) is 5.34. The van der Waals surface area contributed by atoms with Crippen molar-refractivity contribution in [2.45, 2.75) is 10.9 Å². The molecule has 1 aromatic heterocycles. The van der Waals surface area contributed by atoms with Crippen LogP contribution in [0, 0.1) is 5.82 Å². The summed E-state index contributed by atoms with van der Waals surface area (Å²) < 4.78 is 43.3. The van der Waals surface area contributed by atoms with E-state index in [1.54, 1.807) is 24.0 Å². The zero-order valence-electron chi connectivity index (χ0n) is 13.5. The molecule has 9 heteroatoms. The summed E-state index contributed by atoms with van der Waals surface area (Å²) in [6.07, 6.45) is 3.24. The van der Waals surface area contributed by atoms with E-state index in [9.17, 15) is 12.8 Å². The van der Waals surface area contributed by atoms with Gasteiger partial charge in [-0.25, -0.2) is 17.8 Å². The van der Waals surface area contributed by atoms with E-state index in [2.05, 4.69) is 9.71 Å². The monoisotopic (exact) mass is 413 g/mol. The molecule has 3 rings (SSSR count). The summed E-state index contributed by atoms with van der Waals surface area (Å²) in [5, 5.41) is 0.404. The first-order valence-corrected chi connectivity index (χ1v) is 9.71. The number of benzene rings is 2. The average molecular weight is 414 g/mol. The van der Waals surface area contributed by atoms with E-state index in [1.165, 1.54) is 42.5 Å². The molecule has 1 atom stereocenters. The van der Waals surface area contributed by atoms with Crippen molar-refractivity contribution in [3.05, 3.63) is 82.1 Å². The third kappa shape index (κ3) is 4.07. The van der Waals surface area contributed by atoms with Crippen LogP contribution >= 0.6 is 23.2 Å². The smallest absolute Gasteiger partial charge is 0.241 e.